The monoisotopic (exact) mass is 494 g/mol. The molecule has 6 aromatic rings. The summed E-state index contributed by atoms with van der Waals surface area (Å²) in [6.07, 6.45) is 8.44. The predicted octanol–water partition coefficient (Wildman–Crippen LogP) is 4.70. The van der Waals surface area contributed by atoms with Crippen molar-refractivity contribution in [3.8, 4) is 39.5 Å². The van der Waals surface area contributed by atoms with E-state index in [-0.39, 0.29) is 5.82 Å². The van der Waals surface area contributed by atoms with Gasteiger partial charge in [-0.3, -0.25) is 10.1 Å². The summed E-state index contributed by atoms with van der Waals surface area (Å²) in [4.78, 5) is 22.7. The standard InChI is InChI=1S/C27H23FN8O/c1-36(2)5-6-37-20-8-16(7-19(28)10-20)25-21-11-24(33-23(21)3-4-31-25)26-22-9-17(14-32-27(22)35-34-26)18-12-29-15-30-13-18/h3-4,7-15,33H,5-6H2,1-2H3,(H,32,34,35). The Kier molecular flexibility index (Phi) is 5.78. The second-order valence-electron chi connectivity index (χ2n) is 8.95. The third-order valence-corrected chi connectivity index (χ3v) is 6.07. The first kappa shape index (κ1) is 22.7. The maximum atomic E-state index is 14.5. The SMILES string of the molecule is CN(C)CCOc1cc(F)cc(-c2nccc3[nH]c(-c4[nH]nc5ncc(-c6cncnc6)cc45)cc23)c1. The van der Waals surface area contributed by atoms with Crippen LogP contribution in [0.1, 0.15) is 0 Å². The molecule has 0 aliphatic carbocycles. The van der Waals surface area contributed by atoms with Crippen LogP contribution in [-0.4, -0.2) is 67.3 Å². The minimum absolute atomic E-state index is 0.380. The van der Waals surface area contributed by atoms with Gasteiger partial charge in [0, 0.05) is 70.4 Å². The van der Waals surface area contributed by atoms with Crippen molar-refractivity contribution in [2.45, 2.75) is 0 Å². The van der Waals surface area contributed by atoms with Crippen LogP contribution in [0.5, 0.6) is 5.75 Å². The van der Waals surface area contributed by atoms with Gasteiger partial charge in [0.1, 0.15) is 24.5 Å². The quantitative estimate of drug-likeness (QED) is 0.331. The third kappa shape index (κ3) is 4.50. The predicted molar refractivity (Wildman–Crippen MR) is 139 cm³/mol. The topological polar surface area (TPSA) is 108 Å². The summed E-state index contributed by atoms with van der Waals surface area (Å²) in [6.45, 7) is 1.19. The molecule has 10 heteroatoms. The summed E-state index contributed by atoms with van der Waals surface area (Å²) in [7, 11) is 3.93. The summed E-state index contributed by atoms with van der Waals surface area (Å²) in [5.74, 6) is 0.0874. The number of benzene rings is 1. The van der Waals surface area contributed by atoms with E-state index in [2.05, 4.69) is 35.1 Å². The average Bonchev–Trinajstić information content (AvgIpc) is 3.52. The van der Waals surface area contributed by atoms with E-state index in [0.29, 0.717) is 29.3 Å². The number of hydrogen-bond donors (Lipinski definition) is 2. The Morgan fingerprint density at radius 2 is 1.78 bits per heavy atom. The zero-order valence-corrected chi connectivity index (χ0v) is 20.2. The lowest BCUT2D eigenvalue weighted by molar-refractivity contribution is 0.260. The maximum Gasteiger partial charge on any atom is 0.181 e. The number of rotatable bonds is 7. The normalized spacial score (nSPS) is 11.6. The number of fused-ring (bicyclic) bond motifs is 2. The van der Waals surface area contributed by atoms with Crippen molar-refractivity contribution in [2.24, 2.45) is 0 Å². The fraction of sp³-hybridized carbons (Fsp3) is 0.148. The molecule has 0 atom stereocenters. The van der Waals surface area contributed by atoms with Gasteiger partial charge < -0.3 is 14.6 Å². The molecule has 0 unspecified atom stereocenters. The highest BCUT2D eigenvalue weighted by Crippen LogP contribution is 2.35. The number of nitrogens with zero attached hydrogens (tertiary/aromatic N) is 6. The number of hydrogen-bond acceptors (Lipinski definition) is 7. The Morgan fingerprint density at radius 1 is 0.919 bits per heavy atom. The number of aromatic nitrogens is 7. The van der Waals surface area contributed by atoms with Crippen LogP contribution < -0.4 is 4.74 Å². The molecular weight excluding hydrogens is 471 g/mol. The smallest absolute Gasteiger partial charge is 0.181 e. The molecule has 1 aromatic carbocycles. The molecule has 5 aromatic heterocycles. The number of pyridine rings is 2. The van der Waals surface area contributed by atoms with E-state index in [0.717, 1.165) is 45.3 Å². The number of H-pyrrole nitrogens is 2. The summed E-state index contributed by atoms with van der Waals surface area (Å²) in [6, 6.07) is 10.6. The van der Waals surface area contributed by atoms with E-state index in [9.17, 15) is 4.39 Å². The molecule has 9 nitrogen and oxygen atoms in total. The molecule has 0 aliphatic heterocycles. The Morgan fingerprint density at radius 3 is 2.62 bits per heavy atom. The molecule has 0 aliphatic rings. The number of ether oxygens (including phenoxy) is 1. The average molecular weight is 495 g/mol. The molecule has 0 saturated heterocycles. The Bertz CT molecular complexity index is 1710. The lowest BCUT2D eigenvalue weighted by atomic mass is 10.1. The fourth-order valence-electron chi connectivity index (χ4n) is 4.26. The number of likely N-dealkylation sites (N-methyl/N-ethyl adjacent to an activating group) is 1. The van der Waals surface area contributed by atoms with Gasteiger partial charge in [-0.2, -0.15) is 5.10 Å². The molecule has 2 N–H and O–H groups in total. The molecule has 0 amide bonds. The molecule has 0 fully saturated rings. The van der Waals surface area contributed by atoms with Crippen LogP contribution in [-0.2, 0) is 0 Å². The number of halogens is 1. The molecular formula is C27H23FN8O. The highest BCUT2D eigenvalue weighted by molar-refractivity contribution is 6.00. The first-order chi connectivity index (χ1) is 18.0. The third-order valence-electron chi connectivity index (χ3n) is 6.07. The van der Waals surface area contributed by atoms with E-state index in [1.165, 1.54) is 18.5 Å². The summed E-state index contributed by atoms with van der Waals surface area (Å²) >= 11 is 0. The maximum absolute atomic E-state index is 14.5. The van der Waals surface area contributed by atoms with E-state index in [1.54, 1.807) is 24.8 Å². The van der Waals surface area contributed by atoms with E-state index < -0.39 is 0 Å². The second kappa shape index (κ2) is 9.40. The Hall–Kier alpha value is -4.70. The largest absolute Gasteiger partial charge is 0.492 e. The van der Waals surface area contributed by atoms with Crippen molar-refractivity contribution in [2.75, 3.05) is 27.2 Å². The first-order valence-corrected chi connectivity index (χ1v) is 11.7. The minimum atomic E-state index is -0.380. The highest BCUT2D eigenvalue weighted by atomic mass is 19.1. The van der Waals surface area contributed by atoms with Crippen LogP contribution in [0.25, 0.3) is 55.7 Å². The first-order valence-electron chi connectivity index (χ1n) is 11.7. The van der Waals surface area contributed by atoms with Gasteiger partial charge in [-0.25, -0.2) is 19.3 Å². The van der Waals surface area contributed by atoms with Crippen molar-refractivity contribution < 1.29 is 9.13 Å². The van der Waals surface area contributed by atoms with Gasteiger partial charge in [0.15, 0.2) is 5.65 Å². The molecule has 0 radical (unpaired) electrons. The minimum Gasteiger partial charge on any atom is -0.492 e. The zero-order valence-electron chi connectivity index (χ0n) is 20.2. The second-order valence-corrected chi connectivity index (χ2v) is 8.95. The van der Waals surface area contributed by atoms with Crippen LogP contribution in [0.3, 0.4) is 0 Å². The molecule has 5 heterocycles. The molecule has 0 spiro atoms. The van der Waals surface area contributed by atoms with E-state index in [4.69, 9.17) is 4.74 Å². The van der Waals surface area contributed by atoms with Crippen molar-refractivity contribution in [1.29, 1.82) is 0 Å². The van der Waals surface area contributed by atoms with Crippen LogP contribution >= 0.6 is 0 Å². The van der Waals surface area contributed by atoms with Crippen LogP contribution in [0.4, 0.5) is 4.39 Å². The molecule has 37 heavy (non-hydrogen) atoms. The van der Waals surface area contributed by atoms with Crippen LogP contribution in [0.2, 0.25) is 0 Å². The van der Waals surface area contributed by atoms with Crippen molar-refractivity contribution in [3.63, 3.8) is 0 Å². The van der Waals surface area contributed by atoms with Crippen molar-refractivity contribution in [3.05, 3.63) is 73.3 Å². The van der Waals surface area contributed by atoms with Crippen LogP contribution in [0.15, 0.2) is 67.5 Å². The van der Waals surface area contributed by atoms with Crippen molar-refractivity contribution in [1.82, 2.24) is 40.0 Å². The van der Waals surface area contributed by atoms with Crippen LogP contribution in [0, 0.1) is 5.82 Å². The Balaban J connectivity index is 1.41. The van der Waals surface area contributed by atoms with Crippen molar-refractivity contribution >= 4 is 21.9 Å². The van der Waals surface area contributed by atoms with Gasteiger partial charge in [-0.05, 0) is 44.4 Å². The molecule has 6 rings (SSSR count). The lowest BCUT2D eigenvalue weighted by Gasteiger charge is -2.12. The van der Waals surface area contributed by atoms with Gasteiger partial charge in [-0.1, -0.05) is 0 Å². The zero-order chi connectivity index (χ0) is 25.4. The number of nitrogens with one attached hydrogen (secondary N) is 2. The number of aromatic amines is 2. The summed E-state index contributed by atoms with van der Waals surface area (Å²) < 4.78 is 20.3. The fourth-order valence-corrected chi connectivity index (χ4v) is 4.26. The van der Waals surface area contributed by atoms with Gasteiger partial charge in [0.05, 0.1) is 17.1 Å². The summed E-state index contributed by atoms with van der Waals surface area (Å²) in [5.41, 5.74) is 6.10. The van der Waals surface area contributed by atoms with Gasteiger partial charge in [0.2, 0.25) is 0 Å². The summed E-state index contributed by atoms with van der Waals surface area (Å²) in [5, 5.41) is 9.18. The van der Waals surface area contributed by atoms with Gasteiger partial charge in [0.25, 0.3) is 0 Å². The Labute approximate surface area is 211 Å². The van der Waals surface area contributed by atoms with Gasteiger partial charge >= 0.3 is 0 Å². The molecule has 184 valence electrons. The molecule has 0 bridgehead atoms. The van der Waals surface area contributed by atoms with E-state index in [1.807, 2.05) is 43.3 Å². The lowest BCUT2D eigenvalue weighted by Crippen LogP contribution is -2.19. The molecule has 0 saturated carbocycles. The van der Waals surface area contributed by atoms with Gasteiger partial charge in [-0.15, -0.1) is 0 Å². The highest BCUT2D eigenvalue weighted by Gasteiger charge is 2.16. The van der Waals surface area contributed by atoms with E-state index >= 15 is 0 Å².